The Balaban J connectivity index is 1.43. The second-order valence-electron chi connectivity index (χ2n) is 10.1. The van der Waals surface area contributed by atoms with Crippen molar-refractivity contribution in [1.29, 1.82) is 0 Å². The number of halogens is 2. The number of carbonyl (C=O) groups excluding carboxylic acids is 2. The lowest BCUT2D eigenvalue weighted by Crippen LogP contribution is -2.34. The van der Waals surface area contributed by atoms with Crippen molar-refractivity contribution in [3.63, 3.8) is 0 Å². The van der Waals surface area contributed by atoms with E-state index in [1.54, 1.807) is 17.9 Å². The maximum atomic E-state index is 13.1. The molecule has 2 heterocycles. The van der Waals surface area contributed by atoms with Gasteiger partial charge in [0, 0.05) is 25.2 Å². The molecule has 0 bridgehead atoms. The molecule has 4 amide bonds. The van der Waals surface area contributed by atoms with E-state index in [-0.39, 0.29) is 33.2 Å². The van der Waals surface area contributed by atoms with Crippen molar-refractivity contribution in [2.24, 2.45) is 0 Å². The number of aryl methyl sites for hydroxylation is 1. The van der Waals surface area contributed by atoms with Crippen LogP contribution in [0.3, 0.4) is 0 Å². The van der Waals surface area contributed by atoms with Gasteiger partial charge in [0.2, 0.25) is 5.88 Å². The van der Waals surface area contributed by atoms with Crippen LogP contribution in [0.5, 0.6) is 17.4 Å². The van der Waals surface area contributed by atoms with Gasteiger partial charge in [0.05, 0.1) is 29.2 Å². The van der Waals surface area contributed by atoms with Crippen LogP contribution in [-0.4, -0.2) is 71.0 Å². The summed E-state index contributed by atoms with van der Waals surface area (Å²) in [5.41, 5.74) is 1.86. The molecule has 4 rings (SSSR count). The lowest BCUT2D eigenvalue weighted by molar-refractivity contribution is 0.250. The number of benzene rings is 2. The summed E-state index contributed by atoms with van der Waals surface area (Å²) in [6, 6.07) is 12.8. The molecule has 13 nitrogen and oxygen atoms in total. The van der Waals surface area contributed by atoms with Gasteiger partial charge in [-0.05, 0) is 63.3 Å². The van der Waals surface area contributed by atoms with Crippen LogP contribution in [0.15, 0.2) is 54.9 Å². The van der Waals surface area contributed by atoms with Crippen molar-refractivity contribution in [3.05, 3.63) is 70.6 Å². The third-order valence-electron chi connectivity index (χ3n) is 6.34. The van der Waals surface area contributed by atoms with Crippen molar-refractivity contribution >= 4 is 52.6 Å². The first-order valence-corrected chi connectivity index (χ1v) is 14.9. The molecular weight excluding hydrogens is 621 g/mol. The Morgan fingerprint density at radius 1 is 0.956 bits per heavy atom. The number of anilines is 3. The summed E-state index contributed by atoms with van der Waals surface area (Å²) in [5, 5.41) is 15.7. The van der Waals surface area contributed by atoms with Crippen LogP contribution in [0.25, 0.3) is 5.69 Å². The molecule has 2 aromatic heterocycles. The van der Waals surface area contributed by atoms with Gasteiger partial charge in [-0.25, -0.2) is 24.2 Å². The molecular formula is C30H35Cl2N9O4. The van der Waals surface area contributed by atoms with Crippen LogP contribution >= 0.6 is 23.2 Å². The van der Waals surface area contributed by atoms with E-state index in [0.29, 0.717) is 24.7 Å². The van der Waals surface area contributed by atoms with Gasteiger partial charge in [0.1, 0.15) is 34.5 Å². The fourth-order valence-electron chi connectivity index (χ4n) is 4.03. The van der Waals surface area contributed by atoms with Crippen LogP contribution in [0, 0.1) is 0 Å². The highest BCUT2D eigenvalue weighted by molar-refractivity contribution is 6.45. The molecule has 0 saturated carbocycles. The van der Waals surface area contributed by atoms with Crippen LogP contribution in [-0.2, 0) is 6.42 Å². The molecule has 0 aliphatic heterocycles. The van der Waals surface area contributed by atoms with Gasteiger partial charge < -0.3 is 25.0 Å². The largest absolute Gasteiger partial charge is 0.497 e. The smallest absolute Gasteiger partial charge is 0.324 e. The summed E-state index contributed by atoms with van der Waals surface area (Å²) in [4.78, 5) is 35.3. The number of nitrogens with one attached hydrogen (secondary N) is 4. The highest BCUT2D eigenvalue weighted by atomic mass is 35.5. The summed E-state index contributed by atoms with van der Waals surface area (Å²) in [5.74, 6) is 1.72. The van der Waals surface area contributed by atoms with E-state index in [2.05, 4.69) is 43.3 Å². The molecule has 0 radical (unpaired) electrons. The van der Waals surface area contributed by atoms with E-state index in [9.17, 15) is 9.59 Å². The molecule has 0 atom stereocenters. The minimum Gasteiger partial charge on any atom is -0.497 e. The van der Waals surface area contributed by atoms with Crippen LogP contribution in [0.2, 0.25) is 10.0 Å². The maximum Gasteiger partial charge on any atom is 0.324 e. The number of carbonyl (C=O) groups is 2. The zero-order valence-corrected chi connectivity index (χ0v) is 26.9. The maximum absolute atomic E-state index is 13.1. The van der Waals surface area contributed by atoms with Gasteiger partial charge in [0.25, 0.3) is 0 Å². The second kappa shape index (κ2) is 15.9. The highest BCUT2D eigenvalue weighted by Gasteiger charge is 2.17. The van der Waals surface area contributed by atoms with Gasteiger partial charge in [-0.2, -0.15) is 5.10 Å². The molecule has 238 valence electrons. The normalized spacial score (nSPS) is 10.8. The standard InChI is InChI=1S/C30H35Cl2N9O4/c1-5-6-7-19-16-25(41(39-19)20-8-10-21(44-4)11-9-20)38-30(43)36-22-12-13-23(28(32)27(22)31)45-26-17-24(34-18-35-26)37-29(42)33-14-15-40(2)3/h8-13,16-18H,5-7,14-15H2,1-4H3,(H2,36,38,43)(H2,33,34,35,37,42). The zero-order valence-electron chi connectivity index (χ0n) is 25.4. The molecule has 0 aliphatic carbocycles. The Morgan fingerprint density at radius 2 is 1.73 bits per heavy atom. The number of ether oxygens (including phenoxy) is 2. The fourth-order valence-corrected chi connectivity index (χ4v) is 4.43. The van der Waals surface area contributed by atoms with E-state index in [1.165, 1.54) is 18.5 Å². The first-order valence-electron chi connectivity index (χ1n) is 14.2. The molecule has 45 heavy (non-hydrogen) atoms. The van der Waals surface area contributed by atoms with Gasteiger partial charge in [-0.1, -0.05) is 36.5 Å². The van der Waals surface area contributed by atoms with Crippen molar-refractivity contribution in [2.45, 2.75) is 26.2 Å². The van der Waals surface area contributed by atoms with Gasteiger partial charge >= 0.3 is 12.1 Å². The number of rotatable bonds is 13. The molecule has 0 fully saturated rings. The minimum atomic E-state index is -0.547. The monoisotopic (exact) mass is 655 g/mol. The quantitative estimate of drug-likeness (QED) is 0.129. The number of amides is 4. The number of hydrogen-bond donors (Lipinski definition) is 4. The summed E-state index contributed by atoms with van der Waals surface area (Å²) in [6.07, 6.45) is 3.99. The van der Waals surface area contributed by atoms with Crippen LogP contribution in [0.1, 0.15) is 25.5 Å². The molecule has 0 spiro atoms. The van der Waals surface area contributed by atoms with Crippen molar-refractivity contribution in [2.75, 3.05) is 50.2 Å². The van der Waals surface area contributed by atoms with E-state index in [4.69, 9.17) is 32.7 Å². The molecule has 4 aromatic rings. The topological polar surface area (TPSA) is 148 Å². The third-order valence-corrected chi connectivity index (χ3v) is 7.21. The van der Waals surface area contributed by atoms with Gasteiger partial charge in [-0.3, -0.25) is 10.6 Å². The SMILES string of the molecule is CCCCc1cc(NC(=O)Nc2ccc(Oc3cc(NC(=O)NCCN(C)C)ncn3)c(Cl)c2Cl)n(-c2ccc(OC)cc2)n1. The number of methoxy groups -OCH3 is 1. The Labute approximate surface area is 271 Å². The third kappa shape index (κ3) is 9.45. The highest BCUT2D eigenvalue weighted by Crippen LogP contribution is 2.39. The van der Waals surface area contributed by atoms with E-state index in [0.717, 1.165) is 30.6 Å². The lowest BCUT2D eigenvalue weighted by Gasteiger charge is -2.14. The summed E-state index contributed by atoms with van der Waals surface area (Å²) < 4.78 is 12.7. The number of nitrogens with zero attached hydrogens (tertiary/aromatic N) is 5. The first kappa shape index (κ1) is 33.3. The summed E-state index contributed by atoms with van der Waals surface area (Å²) in [6.45, 7) is 3.26. The fraction of sp³-hybridized carbons (Fsp3) is 0.300. The van der Waals surface area contributed by atoms with Crippen molar-refractivity contribution in [3.8, 4) is 23.1 Å². The average Bonchev–Trinajstić information content (AvgIpc) is 3.42. The van der Waals surface area contributed by atoms with Crippen LogP contribution in [0.4, 0.5) is 26.9 Å². The van der Waals surface area contributed by atoms with E-state index < -0.39 is 12.1 Å². The van der Waals surface area contributed by atoms with Crippen molar-refractivity contribution in [1.82, 2.24) is 30.0 Å². The zero-order chi connectivity index (χ0) is 32.3. The molecule has 0 aliphatic rings. The second-order valence-corrected chi connectivity index (χ2v) is 10.8. The Hall–Kier alpha value is -4.59. The molecule has 4 N–H and O–H groups in total. The minimum absolute atomic E-state index is 0.0501. The van der Waals surface area contributed by atoms with Gasteiger partial charge in [-0.15, -0.1) is 0 Å². The molecule has 0 unspecified atom stereocenters. The lowest BCUT2D eigenvalue weighted by atomic mass is 10.2. The predicted octanol–water partition coefficient (Wildman–Crippen LogP) is 6.44. The number of likely N-dealkylation sites (N-methyl/N-ethyl adjacent to an activating group) is 1. The Bertz CT molecular complexity index is 1610. The first-order chi connectivity index (χ1) is 21.7. The summed E-state index contributed by atoms with van der Waals surface area (Å²) >= 11 is 13.0. The van der Waals surface area contributed by atoms with E-state index in [1.807, 2.05) is 49.3 Å². The average molecular weight is 657 g/mol. The number of urea groups is 2. The molecule has 15 heteroatoms. The van der Waals surface area contributed by atoms with Gasteiger partial charge in [0.15, 0.2) is 0 Å². The Morgan fingerprint density at radius 3 is 2.44 bits per heavy atom. The van der Waals surface area contributed by atoms with Crippen LogP contribution < -0.4 is 30.7 Å². The van der Waals surface area contributed by atoms with Crippen molar-refractivity contribution < 1.29 is 19.1 Å². The molecule has 0 saturated heterocycles. The summed E-state index contributed by atoms with van der Waals surface area (Å²) in [7, 11) is 5.42. The number of unbranched alkanes of at least 4 members (excludes halogenated alkanes) is 1. The van der Waals surface area contributed by atoms with E-state index >= 15 is 0 Å². The number of aromatic nitrogens is 4. The predicted molar refractivity (Wildman–Crippen MR) is 176 cm³/mol. The Kier molecular flexibility index (Phi) is 11.8. The molecule has 2 aromatic carbocycles. The number of hydrogen-bond acceptors (Lipinski definition) is 8.